The summed E-state index contributed by atoms with van der Waals surface area (Å²) in [7, 11) is 4.03. The molecule has 0 bridgehead atoms. The number of halogens is 1. The SMILES string of the molecule is CN(C)Cc1cnc2n1-c1ccc(Cl)cc1C2(O)c1ccccc1. The highest BCUT2D eigenvalue weighted by molar-refractivity contribution is 6.30. The Morgan fingerprint density at radius 1 is 1.17 bits per heavy atom. The smallest absolute Gasteiger partial charge is 0.175 e. The molecule has 1 unspecified atom stereocenters. The molecule has 0 aliphatic carbocycles. The van der Waals surface area contributed by atoms with Gasteiger partial charge in [0.05, 0.1) is 17.6 Å². The van der Waals surface area contributed by atoms with Crippen molar-refractivity contribution in [1.29, 1.82) is 0 Å². The minimum Gasteiger partial charge on any atom is -0.373 e. The number of hydrogen-bond acceptors (Lipinski definition) is 3. The average Bonchev–Trinajstić information content (AvgIpc) is 3.08. The predicted octanol–water partition coefficient (Wildman–Crippen LogP) is 3.18. The molecule has 0 saturated carbocycles. The van der Waals surface area contributed by atoms with Crippen LogP contribution in [0.15, 0.2) is 54.7 Å². The van der Waals surface area contributed by atoms with Crippen molar-refractivity contribution in [2.45, 2.75) is 12.1 Å². The van der Waals surface area contributed by atoms with Gasteiger partial charge in [0.15, 0.2) is 11.4 Å². The summed E-state index contributed by atoms with van der Waals surface area (Å²) in [4.78, 5) is 6.65. The minimum atomic E-state index is -1.30. The molecule has 0 fully saturated rings. The number of hydrogen-bond donors (Lipinski definition) is 1. The molecule has 2 heterocycles. The third kappa shape index (κ3) is 2.11. The average molecular weight is 340 g/mol. The molecule has 1 N–H and O–H groups in total. The molecular formula is C19H18ClN3O. The molecule has 1 aliphatic rings. The van der Waals surface area contributed by atoms with E-state index in [1.165, 1.54) is 0 Å². The standard InChI is InChI=1S/C19H18ClN3O/c1-22(2)12-15-11-21-18-19(24,13-6-4-3-5-7-13)16-10-14(20)8-9-17(16)23(15)18/h3-11,24H,12H2,1-2H3. The van der Waals surface area contributed by atoms with Gasteiger partial charge in [-0.1, -0.05) is 41.9 Å². The number of imidazole rings is 1. The summed E-state index contributed by atoms with van der Waals surface area (Å²) < 4.78 is 2.04. The third-order valence-corrected chi connectivity index (χ3v) is 4.65. The van der Waals surface area contributed by atoms with Crippen LogP contribution in [0.25, 0.3) is 5.69 Å². The number of rotatable bonds is 3. The Bertz CT molecular complexity index is 904. The molecule has 4 nitrogen and oxygen atoms in total. The molecule has 1 atom stereocenters. The van der Waals surface area contributed by atoms with Crippen LogP contribution in [0, 0.1) is 0 Å². The summed E-state index contributed by atoms with van der Waals surface area (Å²) in [5.41, 5.74) is 2.21. The van der Waals surface area contributed by atoms with Crippen LogP contribution < -0.4 is 0 Å². The summed E-state index contributed by atoms with van der Waals surface area (Å²) >= 11 is 6.22. The van der Waals surface area contributed by atoms with E-state index in [9.17, 15) is 5.11 Å². The van der Waals surface area contributed by atoms with Gasteiger partial charge in [-0.15, -0.1) is 0 Å². The molecule has 0 amide bonds. The van der Waals surface area contributed by atoms with Crippen LogP contribution in [-0.4, -0.2) is 33.7 Å². The number of aliphatic hydroxyl groups is 1. The quantitative estimate of drug-likeness (QED) is 0.796. The molecule has 2 aromatic carbocycles. The zero-order valence-corrected chi connectivity index (χ0v) is 14.3. The van der Waals surface area contributed by atoms with Crippen LogP contribution in [0.3, 0.4) is 0 Å². The number of fused-ring (bicyclic) bond motifs is 3. The first-order valence-electron chi connectivity index (χ1n) is 7.82. The molecule has 5 heteroatoms. The predicted molar refractivity (Wildman–Crippen MR) is 94.5 cm³/mol. The van der Waals surface area contributed by atoms with Crippen molar-refractivity contribution < 1.29 is 5.11 Å². The van der Waals surface area contributed by atoms with Gasteiger partial charge in [-0.05, 0) is 37.9 Å². The van der Waals surface area contributed by atoms with E-state index in [0.29, 0.717) is 10.8 Å². The van der Waals surface area contributed by atoms with E-state index in [1.54, 1.807) is 0 Å². The molecule has 3 aromatic rings. The van der Waals surface area contributed by atoms with Gasteiger partial charge in [-0.3, -0.25) is 4.57 Å². The molecule has 1 aromatic heterocycles. The van der Waals surface area contributed by atoms with E-state index < -0.39 is 5.60 Å². The largest absolute Gasteiger partial charge is 0.373 e. The first-order chi connectivity index (χ1) is 11.5. The minimum absolute atomic E-state index is 0.600. The molecule has 4 rings (SSSR count). The van der Waals surface area contributed by atoms with E-state index >= 15 is 0 Å². The fourth-order valence-corrected chi connectivity index (χ4v) is 3.60. The van der Waals surface area contributed by atoms with Gasteiger partial charge in [-0.25, -0.2) is 4.98 Å². The first kappa shape index (κ1) is 15.4. The Morgan fingerprint density at radius 3 is 2.62 bits per heavy atom. The highest BCUT2D eigenvalue weighted by Crippen LogP contribution is 2.46. The zero-order chi connectivity index (χ0) is 16.9. The highest BCUT2D eigenvalue weighted by Gasteiger charge is 2.46. The van der Waals surface area contributed by atoms with E-state index in [-0.39, 0.29) is 0 Å². The van der Waals surface area contributed by atoms with Crippen molar-refractivity contribution in [3.63, 3.8) is 0 Å². The van der Waals surface area contributed by atoms with Gasteiger partial charge in [0.2, 0.25) is 0 Å². The molecule has 0 saturated heterocycles. The Kier molecular flexibility index (Phi) is 3.49. The maximum atomic E-state index is 11.7. The Labute approximate surface area is 145 Å². The Balaban J connectivity index is 2.01. The van der Waals surface area contributed by atoms with Gasteiger partial charge in [-0.2, -0.15) is 0 Å². The molecular weight excluding hydrogens is 322 g/mol. The summed E-state index contributed by atoms with van der Waals surface area (Å²) in [5, 5.41) is 12.3. The van der Waals surface area contributed by atoms with Crippen molar-refractivity contribution in [3.05, 3.63) is 82.4 Å². The lowest BCUT2D eigenvalue weighted by Crippen LogP contribution is -2.27. The Hall–Kier alpha value is -2.14. The second kappa shape index (κ2) is 5.45. The van der Waals surface area contributed by atoms with Crippen LogP contribution in [0.4, 0.5) is 0 Å². The molecule has 0 spiro atoms. The van der Waals surface area contributed by atoms with Gasteiger partial charge >= 0.3 is 0 Å². The van der Waals surface area contributed by atoms with Gasteiger partial charge in [0, 0.05) is 17.1 Å². The summed E-state index contributed by atoms with van der Waals surface area (Å²) in [6.07, 6.45) is 1.83. The summed E-state index contributed by atoms with van der Waals surface area (Å²) in [5.74, 6) is 0.614. The lowest BCUT2D eigenvalue weighted by atomic mass is 9.87. The molecule has 0 radical (unpaired) electrons. The number of benzene rings is 2. The fourth-order valence-electron chi connectivity index (χ4n) is 3.42. The maximum absolute atomic E-state index is 11.7. The van der Waals surface area contributed by atoms with Crippen molar-refractivity contribution in [3.8, 4) is 5.69 Å². The van der Waals surface area contributed by atoms with Gasteiger partial charge in [0.1, 0.15) is 0 Å². The Morgan fingerprint density at radius 2 is 1.92 bits per heavy atom. The zero-order valence-electron chi connectivity index (χ0n) is 13.6. The molecule has 1 aliphatic heterocycles. The van der Waals surface area contributed by atoms with E-state index in [4.69, 9.17) is 11.6 Å². The number of nitrogens with zero attached hydrogens (tertiary/aromatic N) is 3. The van der Waals surface area contributed by atoms with E-state index in [1.807, 2.05) is 73.4 Å². The highest BCUT2D eigenvalue weighted by atomic mass is 35.5. The van der Waals surface area contributed by atoms with Crippen molar-refractivity contribution in [1.82, 2.24) is 14.5 Å². The topological polar surface area (TPSA) is 41.3 Å². The third-order valence-electron chi connectivity index (χ3n) is 4.42. The van der Waals surface area contributed by atoms with Crippen LogP contribution in [0.1, 0.15) is 22.6 Å². The number of aromatic nitrogens is 2. The summed E-state index contributed by atoms with van der Waals surface area (Å²) in [6, 6.07) is 15.2. The normalized spacial score (nSPS) is 18.7. The van der Waals surface area contributed by atoms with Gasteiger partial charge < -0.3 is 10.0 Å². The second-order valence-corrected chi connectivity index (χ2v) is 6.82. The lowest BCUT2D eigenvalue weighted by molar-refractivity contribution is 0.122. The van der Waals surface area contributed by atoms with Crippen LogP contribution in [0.2, 0.25) is 5.02 Å². The maximum Gasteiger partial charge on any atom is 0.175 e. The van der Waals surface area contributed by atoms with E-state index in [2.05, 4.69) is 9.88 Å². The molecule has 122 valence electrons. The van der Waals surface area contributed by atoms with Crippen LogP contribution >= 0.6 is 11.6 Å². The molecule has 24 heavy (non-hydrogen) atoms. The second-order valence-electron chi connectivity index (χ2n) is 6.38. The van der Waals surface area contributed by atoms with Gasteiger partial charge in [0.25, 0.3) is 0 Å². The van der Waals surface area contributed by atoms with Crippen LogP contribution in [0.5, 0.6) is 0 Å². The fraction of sp³-hybridized carbons (Fsp3) is 0.211. The van der Waals surface area contributed by atoms with Crippen molar-refractivity contribution in [2.75, 3.05) is 14.1 Å². The summed E-state index contributed by atoms with van der Waals surface area (Å²) in [6.45, 7) is 0.736. The van der Waals surface area contributed by atoms with E-state index in [0.717, 1.165) is 29.1 Å². The first-order valence-corrected chi connectivity index (χ1v) is 8.19. The monoisotopic (exact) mass is 339 g/mol. The van der Waals surface area contributed by atoms with Crippen molar-refractivity contribution in [2.24, 2.45) is 0 Å². The lowest BCUT2D eigenvalue weighted by Gasteiger charge is -2.23. The van der Waals surface area contributed by atoms with Crippen molar-refractivity contribution >= 4 is 11.6 Å². The van der Waals surface area contributed by atoms with Crippen LogP contribution in [-0.2, 0) is 12.1 Å².